The van der Waals surface area contributed by atoms with E-state index in [1.807, 2.05) is 78.9 Å². The normalized spacial score (nSPS) is 10.3. The molecule has 0 aliphatic heterocycles. The molecule has 0 fully saturated rings. The van der Waals surface area contributed by atoms with Crippen LogP contribution in [0.2, 0.25) is 0 Å². The zero-order valence-electron chi connectivity index (χ0n) is 12.5. The van der Waals surface area contributed by atoms with E-state index in [0.29, 0.717) is 0 Å². The average molecular weight is 294 g/mol. The molecule has 0 aliphatic rings. The summed E-state index contributed by atoms with van der Waals surface area (Å²) in [4.78, 5) is 0. The highest BCUT2D eigenvalue weighted by Gasteiger charge is 2.08. The molecule has 0 spiro atoms. The number of hydrogen-bond donors (Lipinski definition) is 0. The van der Waals surface area contributed by atoms with Crippen molar-refractivity contribution in [2.75, 3.05) is 0 Å². The Morgan fingerprint density at radius 1 is 0.652 bits per heavy atom. The maximum Gasteiger partial charge on any atom is 0.136 e. The van der Waals surface area contributed by atoms with Crippen LogP contribution < -0.4 is 0 Å². The van der Waals surface area contributed by atoms with Crippen LogP contribution in [0.3, 0.4) is 0 Å². The van der Waals surface area contributed by atoms with Crippen molar-refractivity contribution in [3.8, 4) is 23.2 Å². The zero-order valence-corrected chi connectivity index (χ0v) is 12.5. The van der Waals surface area contributed by atoms with E-state index in [-0.39, 0.29) is 0 Å². The molecule has 23 heavy (non-hydrogen) atoms. The van der Waals surface area contributed by atoms with Crippen LogP contribution in [0.5, 0.6) is 0 Å². The summed E-state index contributed by atoms with van der Waals surface area (Å²) < 4.78 is 5.98. The summed E-state index contributed by atoms with van der Waals surface area (Å²) in [6, 6.07) is 28.2. The van der Waals surface area contributed by atoms with Gasteiger partial charge in [0.25, 0.3) is 0 Å². The van der Waals surface area contributed by atoms with Gasteiger partial charge in [-0.25, -0.2) is 0 Å². The summed E-state index contributed by atoms with van der Waals surface area (Å²) in [6.07, 6.45) is 0. The van der Waals surface area contributed by atoms with Gasteiger partial charge in [0.15, 0.2) is 0 Å². The Kier molecular flexibility index (Phi) is 3.42. The summed E-state index contributed by atoms with van der Waals surface area (Å²) >= 11 is 0. The van der Waals surface area contributed by atoms with Crippen LogP contribution in [0, 0.1) is 11.8 Å². The Hall–Kier alpha value is -3.24. The predicted molar refractivity (Wildman–Crippen MR) is 94.1 cm³/mol. The van der Waals surface area contributed by atoms with E-state index >= 15 is 0 Å². The molecule has 0 radical (unpaired) electrons. The Morgan fingerprint density at radius 3 is 2.17 bits per heavy atom. The van der Waals surface area contributed by atoms with Crippen molar-refractivity contribution in [1.29, 1.82) is 0 Å². The SMILES string of the molecule is C(#Cc1cccc2oc(-c3ccccc3)cc12)c1ccccc1. The lowest BCUT2D eigenvalue weighted by molar-refractivity contribution is 0.631. The number of hydrogen-bond acceptors (Lipinski definition) is 1. The number of rotatable bonds is 1. The van der Waals surface area contributed by atoms with Gasteiger partial charge in [-0.05, 0) is 30.3 Å². The molecule has 0 saturated heterocycles. The van der Waals surface area contributed by atoms with Crippen molar-refractivity contribution in [3.63, 3.8) is 0 Å². The molecule has 3 aromatic carbocycles. The standard InChI is InChI=1S/C22H14O/c1-3-8-17(9-4-1)14-15-18-12-7-13-21-20(18)16-22(23-21)19-10-5-2-6-11-19/h1-13,16H. The molecule has 0 aliphatic carbocycles. The fraction of sp³-hybridized carbons (Fsp3) is 0. The van der Waals surface area contributed by atoms with Crippen molar-refractivity contribution >= 4 is 11.0 Å². The Bertz CT molecular complexity index is 999. The minimum absolute atomic E-state index is 0.865. The third-order valence-electron chi connectivity index (χ3n) is 3.74. The molecule has 4 aromatic rings. The third kappa shape index (κ3) is 2.75. The summed E-state index contributed by atoms with van der Waals surface area (Å²) in [6.45, 7) is 0. The highest BCUT2D eigenvalue weighted by Crippen LogP contribution is 2.29. The molecule has 1 nitrogen and oxygen atoms in total. The van der Waals surface area contributed by atoms with E-state index in [4.69, 9.17) is 4.42 Å². The van der Waals surface area contributed by atoms with Gasteiger partial charge in [0.1, 0.15) is 11.3 Å². The van der Waals surface area contributed by atoms with Crippen molar-refractivity contribution in [3.05, 3.63) is 96.1 Å². The van der Waals surface area contributed by atoms with Crippen LogP contribution in [0.1, 0.15) is 11.1 Å². The van der Waals surface area contributed by atoms with Crippen LogP contribution >= 0.6 is 0 Å². The Labute approximate surface area is 135 Å². The topological polar surface area (TPSA) is 13.1 Å². The average Bonchev–Trinajstić information content (AvgIpc) is 3.06. The van der Waals surface area contributed by atoms with Gasteiger partial charge in [-0.1, -0.05) is 66.4 Å². The summed E-state index contributed by atoms with van der Waals surface area (Å²) in [7, 11) is 0. The fourth-order valence-electron chi connectivity index (χ4n) is 2.58. The maximum absolute atomic E-state index is 5.98. The van der Waals surface area contributed by atoms with Crippen LogP contribution in [0.25, 0.3) is 22.3 Å². The van der Waals surface area contributed by atoms with Crippen LogP contribution in [0.4, 0.5) is 0 Å². The molecule has 0 amide bonds. The van der Waals surface area contributed by atoms with Gasteiger partial charge < -0.3 is 4.42 Å². The van der Waals surface area contributed by atoms with E-state index in [2.05, 4.69) is 17.9 Å². The Balaban J connectivity index is 1.80. The second-order valence-corrected chi connectivity index (χ2v) is 5.31. The highest BCUT2D eigenvalue weighted by molar-refractivity contribution is 5.88. The molecular weight excluding hydrogens is 280 g/mol. The smallest absolute Gasteiger partial charge is 0.136 e. The lowest BCUT2D eigenvalue weighted by atomic mass is 10.1. The molecule has 1 heteroatoms. The molecule has 0 N–H and O–H groups in total. The first-order valence-corrected chi connectivity index (χ1v) is 7.55. The van der Waals surface area contributed by atoms with E-state index in [1.54, 1.807) is 0 Å². The summed E-state index contributed by atoms with van der Waals surface area (Å²) in [5, 5.41) is 1.05. The van der Waals surface area contributed by atoms with Crippen molar-refractivity contribution in [2.24, 2.45) is 0 Å². The molecule has 0 unspecified atom stereocenters. The molecule has 0 bridgehead atoms. The van der Waals surface area contributed by atoms with Crippen molar-refractivity contribution in [1.82, 2.24) is 0 Å². The first-order chi connectivity index (χ1) is 11.4. The molecule has 0 atom stereocenters. The Morgan fingerprint density at radius 2 is 1.39 bits per heavy atom. The first-order valence-electron chi connectivity index (χ1n) is 7.55. The van der Waals surface area contributed by atoms with Gasteiger partial charge >= 0.3 is 0 Å². The number of furan rings is 1. The van der Waals surface area contributed by atoms with E-state index in [0.717, 1.165) is 33.4 Å². The summed E-state index contributed by atoms with van der Waals surface area (Å²) in [5.41, 5.74) is 3.93. The molecule has 108 valence electrons. The quantitative estimate of drug-likeness (QED) is 0.422. The van der Waals surface area contributed by atoms with Gasteiger partial charge in [-0.2, -0.15) is 0 Å². The van der Waals surface area contributed by atoms with Crippen LogP contribution in [-0.2, 0) is 0 Å². The van der Waals surface area contributed by atoms with Crippen molar-refractivity contribution < 1.29 is 4.42 Å². The molecule has 1 heterocycles. The lowest BCUT2D eigenvalue weighted by Crippen LogP contribution is -1.76. The zero-order chi connectivity index (χ0) is 15.5. The van der Waals surface area contributed by atoms with Crippen molar-refractivity contribution in [2.45, 2.75) is 0 Å². The largest absolute Gasteiger partial charge is 0.456 e. The molecule has 0 saturated carbocycles. The second-order valence-electron chi connectivity index (χ2n) is 5.31. The van der Waals surface area contributed by atoms with Crippen LogP contribution in [0.15, 0.2) is 89.3 Å². The minimum atomic E-state index is 0.865. The monoisotopic (exact) mass is 294 g/mol. The number of fused-ring (bicyclic) bond motifs is 1. The molecule has 4 rings (SSSR count). The summed E-state index contributed by atoms with van der Waals surface area (Å²) in [5.74, 6) is 7.34. The molecule has 1 aromatic heterocycles. The van der Waals surface area contributed by atoms with Gasteiger partial charge in [0, 0.05) is 22.1 Å². The first kappa shape index (κ1) is 13.4. The van der Waals surface area contributed by atoms with Gasteiger partial charge in [-0.3, -0.25) is 0 Å². The van der Waals surface area contributed by atoms with E-state index < -0.39 is 0 Å². The molecular formula is C22H14O. The third-order valence-corrected chi connectivity index (χ3v) is 3.74. The van der Waals surface area contributed by atoms with E-state index in [1.165, 1.54) is 0 Å². The number of benzene rings is 3. The van der Waals surface area contributed by atoms with Gasteiger partial charge in [0.05, 0.1) is 0 Å². The predicted octanol–water partition coefficient (Wildman–Crippen LogP) is 5.50. The lowest BCUT2D eigenvalue weighted by Gasteiger charge is -1.93. The highest BCUT2D eigenvalue weighted by atomic mass is 16.3. The maximum atomic E-state index is 5.98. The van der Waals surface area contributed by atoms with Gasteiger partial charge in [-0.15, -0.1) is 0 Å². The second kappa shape index (κ2) is 5.87. The fourth-order valence-corrected chi connectivity index (χ4v) is 2.58. The van der Waals surface area contributed by atoms with Crippen LogP contribution in [-0.4, -0.2) is 0 Å². The minimum Gasteiger partial charge on any atom is -0.456 e. The van der Waals surface area contributed by atoms with Gasteiger partial charge in [0.2, 0.25) is 0 Å². The van der Waals surface area contributed by atoms with E-state index in [9.17, 15) is 0 Å².